The number of hydrogen-bond acceptors (Lipinski definition) is 4. The third-order valence-electron chi connectivity index (χ3n) is 3.60. The number of aliphatic hydroxyl groups excluding tert-OH is 2. The van der Waals surface area contributed by atoms with Crippen molar-refractivity contribution in [2.45, 2.75) is 44.8 Å². The van der Waals surface area contributed by atoms with Gasteiger partial charge in [0.25, 0.3) is 0 Å². The maximum Gasteiger partial charge on any atom is 0.0931 e. The molecule has 0 amide bonds. The van der Waals surface area contributed by atoms with Crippen molar-refractivity contribution in [2.24, 2.45) is 0 Å². The first-order valence-electron chi connectivity index (χ1n) is 6.74. The molecular weight excluding hydrogens is 228 g/mol. The zero-order chi connectivity index (χ0) is 13.0. The lowest BCUT2D eigenvalue weighted by molar-refractivity contribution is 0.194. The van der Waals surface area contributed by atoms with Gasteiger partial charge < -0.3 is 15.1 Å². The number of anilines is 1. The Morgan fingerprint density at radius 3 is 2.67 bits per heavy atom. The van der Waals surface area contributed by atoms with Crippen LogP contribution in [0.2, 0.25) is 0 Å². The summed E-state index contributed by atoms with van der Waals surface area (Å²) in [5, 5.41) is 18.4. The van der Waals surface area contributed by atoms with Crippen LogP contribution in [0.15, 0.2) is 18.3 Å². The molecule has 0 aliphatic heterocycles. The van der Waals surface area contributed by atoms with Crippen LogP contribution in [-0.2, 0) is 0 Å². The van der Waals surface area contributed by atoms with Gasteiger partial charge in [-0.25, -0.2) is 0 Å². The molecule has 1 aliphatic rings. The van der Waals surface area contributed by atoms with E-state index >= 15 is 0 Å². The van der Waals surface area contributed by atoms with Gasteiger partial charge in [0, 0.05) is 19.2 Å². The number of rotatable bonds is 6. The van der Waals surface area contributed by atoms with Crippen molar-refractivity contribution in [3.05, 3.63) is 24.0 Å². The molecule has 0 unspecified atom stereocenters. The lowest BCUT2D eigenvalue weighted by atomic mass is 9.91. The number of aromatic nitrogens is 1. The van der Waals surface area contributed by atoms with Crippen LogP contribution in [0.1, 0.15) is 44.4 Å². The fraction of sp³-hybridized carbons (Fsp3) is 0.643. The average molecular weight is 250 g/mol. The highest BCUT2D eigenvalue weighted by Gasteiger charge is 2.25. The van der Waals surface area contributed by atoms with Crippen LogP contribution >= 0.6 is 0 Å². The highest BCUT2D eigenvalue weighted by Crippen LogP contribution is 2.29. The normalized spacial score (nSPS) is 17.3. The first-order chi connectivity index (χ1) is 8.72. The quantitative estimate of drug-likeness (QED) is 0.809. The second-order valence-electron chi connectivity index (χ2n) is 4.97. The lowest BCUT2D eigenvalue weighted by Gasteiger charge is -2.39. The van der Waals surface area contributed by atoms with Crippen LogP contribution in [0, 0.1) is 0 Å². The minimum Gasteiger partial charge on any atom is -0.396 e. The summed E-state index contributed by atoms with van der Waals surface area (Å²) in [5.74, 6) is 0. The van der Waals surface area contributed by atoms with Crippen LogP contribution < -0.4 is 4.90 Å². The molecule has 1 saturated carbocycles. The highest BCUT2D eigenvalue weighted by molar-refractivity contribution is 5.46. The molecule has 100 valence electrons. The summed E-state index contributed by atoms with van der Waals surface area (Å²) in [6.45, 7) is 2.82. The van der Waals surface area contributed by atoms with E-state index in [0.717, 1.165) is 18.7 Å². The van der Waals surface area contributed by atoms with Crippen molar-refractivity contribution < 1.29 is 10.2 Å². The van der Waals surface area contributed by atoms with Gasteiger partial charge in [-0.2, -0.15) is 0 Å². The molecule has 0 bridgehead atoms. The van der Waals surface area contributed by atoms with Crippen molar-refractivity contribution >= 4 is 5.69 Å². The topological polar surface area (TPSA) is 56.6 Å². The molecule has 1 aromatic rings. The largest absolute Gasteiger partial charge is 0.396 e. The highest BCUT2D eigenvalue weighted by atomic mass is 16.3. The van der Waals surface area contributed by atoms with E-state index in [4.69, 9.17) is 5.11 Å². The molecule has 4 nitrogen and oxygen atoms in total. The molecule has 1 atom stereocenters. The molecule has 1 aromatic heterocycles. The van der Waals surface area contributed by atoms with Crippen LogP contribution in [0.4, 0.5) is 5.69 Å². The van der Waals surface area contributed by atoms with Crippen LogP contribution in [0.25, 0.3) is 0 Å². The van der Waals surface area contributed by atoms with E-state index in [1.807, 2.05) is 18.3 Å². The third kappa shape index (κ3) is 3.00. The summed E-state index contributed by atoms with van der Waals surface area (Å²) in [6, 6.07) is 4.49. The Kier molecular flexibility index (Phi) is 4.55. The Bertz CT molecular complexity index is 361. The van der Waals surface area contributed by atoms with Crippen LogP contribution in [0.5, 0.6) is 0 Å². The van der Waals surface area contributed by atoms with E-state index in [-0.39, 0.29) is 6.61 Å². The Balaban J connectivity index is 2.08. The maximum absolute atomic E-state index is 9.45. The van der Waals surface area contributed by atoms with Gasteiger partial charge in [-0.3, -0.25) is 4.98 Å². The molecule has 0 radical (unpaired) electrons. The van der Waals surface area contributed by atoms with Gasteiger partial charge >= 0.3 is 0 Å². The summed E-state index contributed by atoms with van der Waals surface area (Å²) in [7, 11) is 0. The summed E-state index contributed by atoms with van der Waals surface area (Å²) in [5.41, 5.74) is 1.80. The molecule has 1 heterocycles. The molecule has 2 rings (SSSR count). The molecule has 18 heavy (non-hydrogen) atoms. The zero-order valence-electron chi connectivity index (χ0n) is 10.9. The Hall–Kier alpha value is -1.13. The van der Waals surface area contributed by atoms with Gasteiger partial charge in [0.05, 0.1) is 23.7 Å². The van der Waals surface area contributed by atoms with Crippen molar-refractivity contribution in [2.75, 3.05) is 18.1 Å². The van der Waals surface area contributed by atoms with E-state index in [0.29, 0.717) is 11.7 Å². The van der Waals surface area contributed by atoms with Gasteiger partial charge in [-0.05, 0) is 44.7 Å². The van der Waals surface area contributed by atoms with E-state index in [9.17, 15) is 5.11 Å². The lowest BCUT2D eigenvalue weighted by Crippen LogP contribution is -2.41. The smallest absolute Gasteiger partial charge is 0.0931 e. The number of nitrogens with zero attached hydrogens (tertiary/aromatic N) is 2. The standard InChI is InChI=1S/C14H22N2O2/c1-11(18)14-7-6-13(10-15-14)16(8-3-9-17)12-4-2-5-12/h6-7,10-12,17-18H,2-5,8-9H2,1H3/t11-/m1/s1. The molecule has 0 aromatic carbocycles. The fourth-order valence-electron chi connectivity index (χ4n) is 2.28. The van der Waals surface area contributed by atoms with Crippen molar-refractivity contribution in [1.82, 2.24) is 4.98 Å². The number of pyridine rings is 1. The minimum absolute atomic E-state index is 0.225. The first-order valence-corrected chi connectivity index (χ1v) is 6.74. The summed E-state index contributed by atoms with van der Waals surface area (Å²) in [4.78, 5) is 6.63. The van der Waals surface area contributed by atoms with Crippen LogP contribution in [-0.4, -0.2) is 34.4 Å². The molecule has 0 saturated heterocycles. The Labute approximate surface area is 108 Å². The van der Waals surface area contributed by atoms with E-state index in [1.165, 1.54) is 19.3 Å². The molecular formula is C14H22N2O2. The van der Waals surface area contributed by atoms with Crippen molar-refractivity contribution in [3.63, 3.8) is 0 Å². The van der Waals surface area contributed by atoms with Gasteiger partial charge in [-0.15, -0.1) is 0 Å². The predicted octanol–water partition coefficient (Wildman–Crippen LogP) is 1.88. The Morgan fingerprint density at radius 2 is 2.22 bits per heavy atom. The number of aliphatic hydroxyl groups is 2. The Morgan fingerprint density at radius 1 is 1.44 bits per heavy atom. The van der Waals surface area contributed by atoms with E-state index in [1.54, 1.807) is 6.92 Å². The minimum atomic E-state index is -0.520. The SMILES string of the molecule is C[C@@H](O)c1ccc(N(CCCO)C2CCC2)cn1. The summed E-state index contributed by atoms with van der Waals surface area (Å²) < 4.78 is 0. The predicted molar refractivity (Wildman–Crippen MR) is 71.6 cm³/mol. The van der Waals surface area contributed by atoms with E-state index in [2.05, 4.69) is 9.88 Å². The number of hydrogen-bond donors (Lipinski definition) is 2. The van der Waals surface area contributed by atoms with Crippen molar-refractivity contribution in [3.8, 4) is 0 Å². The monoisotopic (exact) mass is 250 g/mol. The molecule has 0 spiro atoms. The second kappa shape index (κ2) is 6.16. The zero-order valence-corrected chi connectivity index (χ0v) is 10.9. The first kappa shape index (κ1) is 13.3. The summed E-state index contributed by atoms with van der Waals surface area (Å²) in [6.07, 6.45) is 5.84. The maximum atomic E-state index is 9.45. The average Bonchev–Trinajstić information content (AvgIpc) is 2.32. The van der Waals surface area contributed by atoms with Gasteiger partial charge in [0.2, 0.25) is 0 Å². The van der Waals surface area contributed by atoms with Crippen molar-refractivity contribution in [1.29, 1.82) is 0 Å². The fourth-order valence-corrected chi connectivity index (χ4v) is 2.28. The summed E-state index contributed by atoms with van der Waals surface area (Å²) >= 11 is 0. The third-order valence-corrected chi connectivity index (χ3v) is 3.60. The second-order valence-corrected chi connectivity index (χ2v) is 4.97. The molecule has 1 aliphatic carbocycles. The van der Waals surface area contributed by atoms with E-state index < -0.39 is 6.10 Å². The molecule has 2 N–H and O–H groups in total. The molecule has 1 fully saturated rings. The van der Waals surface area contributed by atoms with Gasteiger partial charge in [0.15, 0.2) is 0 Å². The van der Waals surface area contributed by atoms with Gasteiger partial charge in [0.1, 0.15) is 0 Å². The molecule has 4 heteroatoms. The van der Waals surface area contributed by atoms with Crippen LogP contribution in [0.3, 0.4) is 0 Å². The van der Waals surface area contributed by atoms with Gasteiger partial charge in [-0.1, -0.05) is 0 Å².